The van der Waals surface area contributed by atoms with E-state index in [9.17, 15) is 146 Å². The zero-order valence-electron chi connectivity index (χ0n) is 60.4. The maximum absolute atomic E-state index is 13.1. The minimum atomic E-state index is -3.04. The fourth-order valence-corrected chi connectivity index (χ4v) is 13.8. The van der Waals surface area contributed by atoms with Crippen molar-refractivity contribution in [2.24, 2.45) is 0 Å². The van der Waals surface area contributed by atoms with Crippen LogP contribution in [0.5, 0.6) is 0 Å². The zero-order chi connectivity index (χ0) is 82.6. The first kappa shape index (κ1) is 93.1. The number of aliphatic hydroxyl groups is 20. The number of ether oxygens (including phenoxy) is 15. The van der Waals surface area contributed by atoms with Gasteiger partial charge >= 0.3 is 17.9 Å². The van der Waals surface area contributed by atoms with Crippen molar-refractivity contribution < 1.29 is 217 Å². The minimum absolute atomic E-state index is 0.00864. The van der Waals surface area contributed by atoms with Crippen LogP contribution in [0.1, 0.15) is 66.2 Å². The minimum Gasteiger partial charge on any atom is -0.477 e. The van der Waals surface area contributed by atoms with E-state index < -0.39 is 327 Å². The molecule has 7 aliphatic rings. The first-order valence-electron chi connectivity index (χ1n) is 35.3. The number of carbonyl (C=O) groups excluding carboxylic acids is 5. The van der Waals surface area contributed by atoms with Crippen LogP contribution < -0.4 is 21.3 Å². The van der Waals surface area contributed by atoms with Gasteiger partial charge in [-0.3, -0.25) is 24.0 Å². The lowest BCUT2D eigenvalue weighted by atomic mass is 9.88. The summed E-state index contributed by atoms with van der Waals surface area (Å²) in [6.07, 6.45) is -66.5. The van der Waals surface area contributed by atoms with Crippen LogP contribution >= 0.6 is 0 Å². The van der Waals surface area contributed by atoms with Crippen LogP contribution in [0, 0.1) is 0 Å². The third kappa shape index (κ3) is 22.2. The number of hydrogen-bond acceptors (Lipinski definition) is 42. The lowest BCUT2D eigenvalue weighted by molar-refractivity contribution is -0.389. The lowest BCUT2D eigenvalue weighted by Gasteiger charge is -2.51. The van der Waals surface area contributed by atoms with Crippen LogP contribution in [0.3, 0.4) is 0 Å². The fraction of sp³-hybridized carbons (Fsp3) is 0.889. The molecule has 7 aliphatic heterocycles. The molecule has 0 aromatic carbocycles. The molecule has 0 aromatic heterocycles. The number of hydrogen-bond donors (Lipinski definition) is 26. The average molecular weight is 1620 g/mol. The summed E-state index contributed by atoms with van der Waals surface area (Å²) in [5, 5.41) is 251. The van der Waals surface area contributed by atoms with Crippen molar-refractivity contribution in [1.29, 1.82) is 0 Å². The number of carboxylic acids is 2. The molecule has 7 heterocycles. The quantitative estimate of drug-likeness (QED) is 0.0205. The Bertz CT molecular complexity index is 3010. The van der Waals surface area contributed by atoms with Gasteiger partial charge in [-0.1, -0.05) is 6.42 Å². The number of methoxy groups -OCH3 is 1. The Balaban J connectivity index is 1.13. The van der Waals surface area contributed by atoms with E-state index in [4.69, 9.17) is 71.1 Å². The Morgan fingerprint density at radius 1 is 0.414 bits per heavy atom. The number of aliphatic carboxylic acids is 2. The smallest absolute Gasteiger partial charge is 0.364 e. The molecule has 37 atom stereocenters. The molecule has 48 nitrogen and oxygen atoms in total. The number of rotatable bonds is 36. The average Bonchev–Trinajstić information content (AvgIpc) is 0.773. The molecule has 0 bridgehead atoms. The molecule has 0 unspecified atom stereocenters. The van der Waals surface area contributed by atoms with Crippen LogP contribution in [0.2, 0.25) is 0 Å². The topological polar surface area (TPSA) is 751 Å². The molecule has 48 heteroatoms. The molecule has 0 radical (unpaired) electrons. The fourth-order valence-electron chi connectivity index (χ4n) is 13.8. The molecule has 7 rings (SSSR count). The van der Waals surface area contributed by atoms with Gasteiger partial charge in [0.05, 0.1) is 77.6 Å². The monoisotopic (exact) mass is 1620 g/mol. The van der Waals surface area contributed by atoms with E-state index >= 15 is 0 Å². The zero-order valence-corrected chi connectivity index (χ0v) is 60.4. The molecule has 4 amide bonds. The Morgan fingerprint density at radius 3 is 1.11 bits per heavy atom. The Kier molecular flexibility index (Phi) is 34.5. The largest absolute Gasteiger partial charge is 0.477 e. The van der Waals surface area contributed by atoms with Gasteiger partial charge < -0.3 is 205 Å². The van der Waals surface area contributed by atoms with Gasteiger partial charge in [0.2, 0.25) is 23.6 Å². The summed E-state index contributed by atoms with van der Waals surface area (Å²) in [6, 6.07) is -7.15. The van der Waals surface area contributed by atoms with Gasteiger partial charge in [0, 0.05) is 53.6 Å². The van der Waals surface area contributed by atoms with Crippen LogP contribution in [-0.4, -0.2) is 440 Å². The van der Waals surface area contributed by atoms with Crippen LogP contribution in [0.15, 0.2) is 0 Å². The number of amides is 4. The van der Waals surface area contributed by atoms with Gasteiger partial charge in [0.15, 0.2) is 31.5 Å². The molecule has 111 heavy (non-hydrogen) atoms. The van der Waals surface area contributed by atoms with Gasteiger partial charge in [0.25, 0.3) is 11.6 Å². The van der Waals surface area contributed by atoms with Gasteiger partial charge in [0.1, 0.15) is 159 Å². The molecule has 26 N–H and O–H groups in total. The number of carbonyl (C=O) groups is 7. The van der Waals surface area contributed by atoms with Crippen molar-refractivity contribution >= 4 is 41.5 Å². The second-order valence-electron chi connectivity index (χ2n) is 27.7. The molecule has 7 fully saturated rings. The highest BCUT2D eigenvalue weighted by atomic mass is 16.8. The van der Waals surface area contributed by atoms with Gasteiger partial charge in [-0.05, 0) is 12.8 Å². The van der Waals surface area contributed by atoms with E-state index in [0.717, 1.165) is 27.7 Å². The van der Waals surface area contributed by atoms with Crippen molar-refractivity contribution in [3.63, 3.8) is 0 Å². The number of aliphatic hydroxyl groups excluding tert-OH is 20. The predicted molar refractivity (Wildman–Crippen MR) is 347 cm³/mol. The van der Waals surface area contributed by atoms with E-state index in [1.165, 1.54) is 7.11 Å². The first-order chi connectivity index (χ1) is 52.3. The Labute approximate surface area is 630 Å². The number of nitrogens with one attached hydrogen (secondary N) is 4. The molecular formula is C63H104N4O44. The van der Waals surface area contributed by atoms with Crippen molar-refractivity contribution in [3.05, 3.63) is 0 Å². The van der Waals surface area contributed by atoms with Crippen LogP contribution in [-0.2, 0) is 105 Å². The summed E-state index contributed by atoms with van der Waals surface area (Å²) in [7, 11) is 1.18. The van der Waals surface area contributed by atoms with Crippen molar-refractivity contribution in [2.45, 2.75) is 292 Å². The molecule has 0 spiro atoms. The molecular weight excluding hydrogens is 1520 g/mol. The molecule has 0 aromatic rings. The Morgan fingerprint density at radius 2 is 0.757 bits per heavy atom. The third-order valence-corrected chi connectivity index (χ3v) is 19.6. The summed E-state index contributed by atoms with van der Waals surface area (Å²) >= 11 is 0. The third-order valence-electron chi connectivity index (χ3n) is 19.6. The van der Waals surface area contributed by atoms with Crippen molar-refractivity contribution in [2.75, 3.05) is 60.0 Å². The van der Waals surface area contributed by atoms with E-state index in [2.05, 4.69) is 21.3 Å². The summed E-state index contributed by atoms with van der Waals surface area (Å²) < 4.78 is 87.4. The summed E-state index contributed by atoms with van der Waals surface area (Å²) in [5.41, 5.74) is 0. The number of esters is 1. The maximum atomic E-state index is 13.1. The van der Waals surface area contributed by atoms with E-state index in [-0.39, 0.29) is 25.9 Å². The summed E-state index contributed by atoms with van der Waals surface area (Å²) in [6.45, 7) is -4.46. The van der Waals surface area contributed by atoms with E-state index in [1.54, 1.807) is 0 Å². The standard InChI is InChI=1S/C63H104N4O44/c1-20(73)64-34-24(77)11-62(60(93)94,110-52(34)38(82)26(79)13-68)99-18-31-40(84)44(88)46(90)57(104-31)107-49-28(15-70)101-55(36(42(49)86)66-22(3)75)106-51-30(17-72)103-59(98-10-8-6-7-9-33(81)97-5)54(48(51)92)109-56-37(67-23(4)76)43(87)50(29(16-71)102-56)108-58-47(91)45(89)41(85)32(105-58)19-100-63(61(95)96)12-25(78)35(65-21(2)74)53(111-63)39(83)27(80)14-69/h24-32,34-59,68-72,77-80,82-92H,6-19H2,1-5H3,(H,64,73)(H,65,74)(H,66,75)(H,67,76)(H,93,94)(H,95,96)/t24-,25-,26+,27+,28+,29+,30+,31+,32+,34+,35+,36+,37+,38+,39+,40-,41-,42+,43+,44-,45-,46+,47+,48-,49+,50+,51-,52+,53+,54+,55-,56-,57-,58-,59+,62+,63+/m0/s1. The number of carboxylic acid groups (broad SMARTS) is 2. The van der Waals surface area contributed by atoms with E-state index in [1.807, 2.05) is 0 Å². The first-order valence-corrected chi connectivity index (χ1v) is 35.3. The molecule has 0 saturated carbocycles. The van der Waals surface area contributed by atoms with Gasteiger partial charge in [-0.15, -0.1) is 0 Å². The predicted octanol–water partition coefficient (Wildman–Crippen LogP) is -15.5. The highest BCUT2D eigenvalue weighted by molar-refractivity contribution is 5.78. The number of unbranched alkanes of at least 4 members (excludes halogenated alkanes) is 2. The van der Waals surface area contributed by atoms with Crippen LogP contribution in [0.4, 0.5) is 0 Å². The van der Waals surface area contributed by atoms with Crippen molar-refractivity contribution in [3.8, 4) is 0 Å². The molecule has 0 aliphatic carbocycles. The molecule has 7 saturated heterocycles. The maximum Gasteiger partial charge on any atom is 0.364 e. The van der Waals surface area contributed by atoms with Gasteiger partial charge in [-0.25, -0.2) is 9.59 Å². The normalized spacial score (nSPS) is 41.9. The highest BCUT2D eigenvalue weighted by Crippen LogP contribution is 2.41. The van der Waals surface area contributed by atoms with Gasteiger partial charge in [-0.2, -0.15) is 0 Å². The second-order valence-corrected chi connectivity index (χ2v) is 27.7. The highest BCUT2D eigenvalue weighted by Gasteiger charge is 2.62. The molecule has 640 valence electrons. The lowest BCUT2D eigenvalue weighted by Crippen LogP contribution is -2.71. The SMILES string of the molecule is COC(=O)CCCCCO[C@@H]1O[C@H](CO)[C@H](O[C@@H]2O[C@H](CO)[C@@H](O[C@@H]3O[C@H](CO[C@]4(C(=O)O)C[C@H](O)[C@@H](NC(C)=O)[C@H]([C@H](O)[C@H](O)CO)O4)[C@H](O)[C@H](O)[C@H]3O)[C@H](O)[C@H]2NC(C)=O)[C@H](O)[C@H]1O[C@@H]1O[C@H](CO)[C@@H](O[C@@H]2O[C@H](CO[C@]3(C(=O)O)C[C@H](O)[C@@H](NC(C)=O)[C@H]([C@H](O)[C@H](O)CO)O3)[C@H](O)[C@H](O)[C@H]2O)[C@H](O)[C@H]1NC(C)=O. The van der Waals surface area contributed by atoms with Crippen LogP contribution in [0.25, 0.3) is 0 Å². The summed E-state index contributed by atoms with van der Waals surface area (Å²) in [4.78, 5) is 88.1. The van der Waals surface area contributed by atoms with E-state index in [0.29, 0.717) is 6.42 Å². The summed E-state index contributed by atoms with van der Waals surface area (Å²) in [5.74, 6) is -14.2. The second kappa shape index (κ2) is 41.2. The van der Waals surface area contributed by atoms with Crippen molar-refractivity contribution in [1.82, 2.24) is 21.3 Å². The Hall–Kier alpha value is -5.07.